The maximum atomic E-state index is 12.6. The molecule has 0 radical (unpaired) electrons. The largest absolute Gasteiger partial charge is 0.493 e. The van der Waals surface area contributed by atoms with E-state index in [0.717, 1.165) is 9.87 Å². The lowest BCUT2D eigenvalue weighted by Crippen LogP contribution is -2.39. The summed E-state index contributed by atoms with van der Waals surface area (Å²) in [6.07, 6.45) is 0. The van der Waals surface area contributed by atoms with E-state index in [9.17, 15) is 13.2 Å². The number of ether oxygens (including phenoxy) is 2. The Bertz CT molecular complexity index is 932. The van der Waals surface area contributed by atoms with Gasteiger partial charge in [-0.25, -0.2) is 8.42 Å². The molecule has 0 aliphatic carbocycles. The molecule has 2 aromatic rings. The van der Waals surface area contributed by atoms with Gasteiger partial charge in [-0.1, -0.05) is 17.7 Å². The number of rotatable bonds is 8. The molecule has 1 amide bonds. The summed E-state index contributed by atoms with van der Waals surface area (Å²) in [4.78, 5) is 12.4. The number of carbonyl (C=O) groups is 1. The fourth-order valence-corrected chi connectivity index (χ4v) is 3.82. The van der Waals surface area contributed by atoms with Crippen molar-refractivity contribution in [2.75, 3.05) is 27.8 Å². The predicted molar refractivity (Wildman–Crippen MR) is 107 cm³/mol. The highest BCUT2D eigenvalue weighted by atomic mass is 35.5. The molecule has 0 aliphatic rings. The molecule has 0 aliphatic heterocycles. The number of carbonyl (C=O) groups excluding carboxylic acids is 1. The van der Waals surface area contributed by atoms with Crippen molar-refractivity contribution in [1.29, 1.82) is 0 Å². The van der Waals surface area contributed by atoms with E-state index in [1.54, 1.807) is 32.2 Å². The molecule has 0 bridgehead atoms. The number of nitrogens with zero attached hydrogens (tertiary/aromatic N) is 1. The van der Waals surface area contributed by atoms with E-state index < -0.39 is 15.9 Å². The Morgan fingerprint density at radius 3 is 2.29 bits per heavy atom. The van der Waals surface area contributed by atoms with Crippen molar-refractivity contribution in [3.63, 3.8) is 0 Å². The van der Waals surface area contributed by atoms with E-state index in [4.69, 9.17) is 21.1 Å². The van der Waals surface area contributed by atoms with Gasteiger partial charge < -0.3 is 14.8 Å². The van der Waals surface area contributed by atoms with Gasteiger partial charge in [0.2, 0.25) is 15.9 Å². The molecule has 9 heteroatoms. The lowest BCUT2D eigenvalue weighted by atomic mass is 10.1. The molecular formula is C19H23ClN2O5S. The average Bonchev–Trinajstić information content (AvgIpc) is 2.67. The van der Waals surface area contributed by atoms with Gasteiger partial charge in [0, 0.05) is 12.1 Å². The molecular weight excluding hydrogens is 404 g/mol. The Morgan fingerprint density at radius 2 is 1.71 bits per heavy atom. The minimum atomic E-state index is -3.79. The van der Waals surface area contributed by atoms with Crippen LogP contribution < -0.4 is 14.8 Å². The molecule has 2 rings (SSSR count). The molecule has 0 saturated heterocycles. The van der Waals surface area contributed by atoms with E-state index in [2.05, 4.69) is 5.32 Å². The van der Waals surface area contributed by atoms with Crippen LogP contribution in [-0.4, -0.2) is 46.4 Å². The number of sulfonamides is 1. The Kier molecular flexibility index (Phi) is 7.29. The van der Waals surface area contributed by atoms with Crippen molar-refractivity contribution >= 4 is 27.5 Å². The van der Waals surface area contributed by atoms with Gasteiger partial charge in [0.15, 0.2) is 11.5 Å². The fraction of sp³-hybridized carbons (Fsp3) is 0.316. The zero-order chi connectivity index (χ0) is 20.9. The summed E-state index contributed by atoms with van der Waals surface area (Å²) in [7, 11) is 0.629. The maximum Gasteiger partial charge on any atom is 0.243 e. The summed E-state index contributed by atoms with van der Waals surface area (Å²) < 4.78 is 36.6. The van der Waals surface area contributed by atoms with Crippen molar-refractivity contribution in [3.05, 3.63) is 53.1 Å². The molecule has 152 valence electrons. The van der Waals surface area contributed by atoms with E-state index in [-0.39, 0.29) is 17.5 Å². The molecule has 0 aromatic heterocycles. The molecule has 28 heavy (non-hydrogen) atoms. The third-order valence-corrected chi connectivity index (χ3v) is 6.24. The second-order valence-electron chi connectivity index (χ2n) is 6.12. The number of halogens is 1. The first-order valence-electron chi connectivity index (χ1n) is 8.42. The van der Waals surface area contributed by atoms with Crippen LogP contribution in [0.4, 0.5) is 0 Å². The first-order valence-corrected chi connectivity index (χ1v) is 10.2. The molecule has 0 heterocycles. The van der Waals surface area contributed by atoms with Gasteiger partial charge in [-0.05, 0) is 48.9 Å². The van der Waals surface area contributed by atoms with Crippen LogP contribution in [0.25, 0.3) is 0 Å². The van der Waals surface area contributed by atoms with E-state index in [1.807, 2.05) is 0 Å². The Morgan fingerprint density at radius 1 is 1.11 bits per heavy atom. The Labute approximate surface area is 170 Å². The van der Waals surface area contributed by atoms with Crippen LogP contribution in [0.2, 0.25) is 5.02 Å². The molecule has 7 nitrogen and oxygen atoms in total. The maximum absolute atomic E-state index is 12.6. The third kappa shape index (κ3) is 5.15. The number of likely N-dealkylation sites (N-methyl/N-ethyl adjacent to an activating group) is 1. The van der Waals surface area contributed by atoms with Gasteiger partial charge in [0.05, 0.1) is 31.7 Å². The quantitative estimate of drug-likeness (QED) is 0.701. The number of nitrogens with one attached hydrogen (secondary N) is 1. The van der Waals surface area contributed by atoms with Crippen LogP contribution in [0.3, 0.4) is 0 Å². The first-order chi connectivity index (χ1) is 13.2. The topological polar surface area (TPSA) is 84.9 Å². The van der Waals surface area contributed by atoms with Crippen LogP contribution in [0.1, 0.15) is 18.5 Å². The summed E-state index contributed by atoms with van der Waals surface area (Å²) in [5.74, 6) is 0.699. The molecule has 1 N–H and O–H groups in total. The number of hydrogen-bond donors (Lipinski definition) is 1. The van der Waals surface area contributed by atoms with E-state index in [1.165, 1.54) is 38.4 Å². The molecule has 2 aromatic carbocycles. The molecule has 0 fully saturated rings. The summed E-state index contributed by atoms with van der Waals surface area (Å²) in [5, 5.41) is 3.22. The molecule has 0 spiro atoms. The average molecular weight is 427 g/mol. The fourth-order valence-electron chi connectivity index (χ4n) is 2.57. The van der Waals surface area contributed by atoms with Crippen LogP contribution in [-0.2, 0) is 14.8 Å². The van der Waals surface area contributed by atoms with Crippen molar-refractivity contribution in [2.45, 2.75) is 17.9 Å². The van der Waals surface area contributed by atoms with Gasteiger partial charge in [-0.3, -0.25) is 4.79 Å². The van der Waals surface area contributed by atoms with E-state index in [0.29, 0.717) is 16.5 Å². The third-order valence-electron chi connectivity index (χ3n) is 4.17. The normalized spacial score (nSPS) is 12.5. The standard InChI is InChI=1S/C19H23ClN2O5S/c1-13(14-5-10-17(26-3)18(11-14)27-4)21-19(23)12-22(2)28(24,25)16-8-6-15(20)7-9-16/h5-11,13H,12H2,1-4H3,(H,21,23)/t13-/m0/s1. The second-order valence-corrected chi connectivity index (χ2v) is 8.60. The van der Waals surface area contributed by atoms with Crippen LogP contribution in [0.15, 0.2) is 47.4 Å². The first kappa shape index (κ1) is 22.0. The van der Waals surface area contributed by atoms with Crippen molar-refractivity contribution in [1.82, 2.24) is 9.62 Å². The van der Waals surface area contributed by atoms with Gasteiger partial charge in [0.1, 0.15) is 0 Å². The lowest BCUT2D eigenvalue weighted by molar-refractivity contribution is -0.121. The van der Waals surface area contributed by atoms with Gasteiger partial charge in [0.25, 0.3) is 0 Å². The minimum absolute atomic E-state index is 0.0696. The minimum Gasteiger partial charge on any atom is -0.493 e. The van der Waals surface area contributed by atoms with Crippen LogP contribution in [0.5, 0.6) is 11.5 Å². The molecule has 0 saturated carbocycles. The monoisotopic (exact) mass is 426 g/mol. The van der Waals surface area contributed by atoms with Crippen LogP contribution >= 0.6 is 11.6 Å². The van der Waals surface area contributed by atoms with Crippen molar-refractivity contribution < 1.29 is 22.7 Å². The van der Waals surface area contributed by atoms with Gasteiger partial charge >= 0.3 is 0 Å². The van der Waals surface area contributed by atoms with Crippen LogP contribution in [0, 0.1) is 0 Å². The Balaban J connectivity index is 2.05. The number of amides is 1. The number of benzene rings is 2. The smallest absolute Gasteiger partial charge is 0.243 e. The predicted octanol–water partition coefficient (Wildman–Crippen LogP) is 2.86. The summed E-state index contributed by atoms with van der Waals surface area (Å²) >= 11 is 5.79. The van der Waals surface area contributed by atoms with Crippen molar-refractivity contribution in [2.24, 2.45) is 0 Å². The van der Waals surface area contributed by atoms with Gasteiger partial charge in [-0.2, -0.15) is 4.31 Å². The number of methoxy groups -OCH3 is 2. The molecule has 1 atom stereocenters. The SMILES string of the molecule is COc1ccc([C@H](C)NC(=O)CN(C)S(=O)(=O)c2ccc(Cl)cc2)cc1OC. The lowest BCUT2D eigenvalue weighted by Gasteiger charge is -2.20. The zero-order valence-corrected chi connectivity index (χ0v) is 17.7. The summed E-state index contributed by atoms with van der Waals surface area (Å²) in [6.45, 7) is 1.48. The molecule has 0 unspecified atom stereocenters. The highest BCUT2D eigenvalue weighted by molar-refractivity contribution is 7.89. The zero-order valence-electron chi connectivity index (χ0n) is 16.1. The number of hydrogen-bond acceptors (Lipinski definition) is 5. The Hall–Kier alpha value is -2.29. The van der Waals surface area contributed by atoms with E-state index >= 15 is 0 Å². The van der Waals surface area contributed by atoms with Crippen molar-refractivity contribution in [3.8, 4) is 11.5 Å². The highest BCUT2D eigenvalue weighted by Crippen LogP contribution is 2.29. The van der Waals surface area contributed by atoms with Gasteiger partial charge in [-0.15, -0.1) is 0 Å². The second kappa shape index (κ2) is 9.27. The summed E-state index contributed by atoms with van der Waals surface area (Å²) in [6, 6.07) is 10.7. The summed E-state index contributed by atoms with van der Waals surface area (Å²) in [5.41, 5.74) is 0.800. The highest BCUT2D eigenvalue weighted by Gasteiger charge is 2.23.